The van der Waals surface area contributed by atoms with Crippen molar-refractivity contribution in [1.82, 2.24) is 4.90 Å². The van der Waals surface area contributed by atoms with E-state index in [2.05, 4.69) is 12.1 Å². The standard InChI is InChI=1S/C15H22N2O.ClH/c16-11-14-7-4-10-17(12-14)15(18)9-8-13-5-2-1-3-6-13;/h1-3,5-6,14H,4,7-12,16H2;1H. The molecule has 0 aliphatic carbocycles. The van der Waals surface area contributed by atoms with Crippen LogP contribution in [0.4, 0.5) is 0 Å². The Balaban J connectivity index is 0.00000180. The van der Waals surface area contributed by atoms with E-state index in [1.54, 1.807) is 0 Å². The van der Waals surface area contributed by atoms with Crippen LogP contribution in [0.2, 0.25) is 0 Å². The molecule has 2 N–H and O–H groups in total. The molecule has 1 fully saturated rings. The lowest BCUT2D eigenvalue weighted by atomic mass is 9.98. The molecule has 0 spiro atoms. The fraction of sp³-hybridized carbons (Fsp3) is 0.533. The third-order valence-corrected chi connectivity index (χ3v) is 3.68. The summed E-state index contributed by atoms with van der Waals surface area (Å²) in [6, 6.07) is 10.2. The molecule has 2 rings (SSSR count). The number of hydrogen-bond acceptors (Lipinski definition) is 2. The number of piperidine rings is 1. The Bertz CT molecular complexity index is 383. The molecule has 0 bridgehead atoms. The quantitative estimate of drug-likeness (QED) is 0.921. The van der Waals surface area contributed by atoms with Gasteiger partial charge in [0.2, 0.25) is 5.91 Å². The van der Waals surface area contributed by atoms with E-state index < -0.39 is 0 Å². The largest absolute Gasteiger partial charge is 0.342 e. The Morgan fingerprint density at radius 1 is 1.32 bits per heavy atom. The van der Waals surface area contributed by atoms with Gasteiger partial charge in [0, 0.05) is 19.5 Å². The maximum absolute atomic E-state index is 12.1. The molecule has 1 aromatic carbocycles. The lowest BCUT2D eigenvalue weighted by molar-refractivity contribution is -0.132. The van der Waals surface area contributed by atoms with E-state index in [0.29, 0.717) is 18.9 Å². The highest BCUT2D eigenvalue weighted by atomic mass is 35.5. The van der Waals surface area contributed by atoms with Gasteiger partial charge in [0.25, 0.3) is 0 Å². The minimum atomic E-state index is 0. The molecule has 1 aromatic rings. The highest BCUT2D eigenvalue weighted by Crippen LogP contribution is 2.16. The Morgan fingerprint density at radius 3 is 2.74 bits per heavy atom. The number of rotatable bonds is 4. The first kappa shape index (κ1) is 16.0. The summed E-state index contributed by atoms with van der Waals surface area (Å²) in [5.74, 6) is 0.774. The minimum absolute atomic E-state index is 0. The molecule has 0 saturated carbocycles. The third kappa shape index (κ3) is 4.84. The fourth-order valence-electron chi connectivity index (χ4n) is 2.54. The molecule has 0 aromatic heterocycles. The van der Waals surface area contributed by atoms with Crippen molar-refractivity contribution in [3.05, 3.63) is 35.9 Å². The summed E-state index contributed by atoms with van der Waals surface area (Å²) in [6.07, 6.45) is 3.71. The van der Waals surface area contributed by atoms with Crippen molar-refractivity contribution in [2.75, 3.05) is 19.6 Å². The number of aryl methyl sites for hydroxylation is 1. The van der Waals surface area contributed by atoms with Crippen LogP contribution in [0.1, 0.15) is 24.8 Å². The van der Waals surface area contributed by atoms with Crippen LogP contribution in [0.25, 0.3) is 0 Å². The molecule has 1 saturated heterocycles. The predicted molar refractivity (Wildman–Crippen MR) is 80.4 cm³/mol. The average molecular weight is 283 g/mol. The Labute approximate surface area is 121 Å². The second kappa shape index (κ2) is 8.18. The van der Waals surface area contributed by atoms with Crippen molar-refractivity contribution < 1.29 is 4.79 Å². The maximum atomic E-state index is 12.1. The molecule has 19 heavy (non-hydrogen) atoms. The van der Waals surface area contributed by atoms with Gasteiger partial charge in [-0.1, -0.05) is 30.3 Å². The van der Waals surface area contributed by atoms with E-state index in [-0.39, 0.29) is 18.3 Å². The molecule has 1 aliphatic heterocycles. The van der Waals surface area contributed by atoms with Gasteiger partial charge in [-0.05, 0) is 37.3 Å². The van der Waals surface area contributed by atoms with Crippen molar-refractivity contribution in [1.29, 1.82) is 0 Å². The minimum Gasteiger partial charge on any atom is -0.342 e. The highest BCUT2D eigenvalue weighted by molar-refractivity contribution is 5.85. The van der Waals surface area contributed by atoms with E-state index in [1.165, 1.54) is 12.0 Å². The molecule has 3 nitrogen and oxygen atoms in total. The molecule has 1 heterocycles. The van der Waals surface area contributed by atoms with Crippen molar-refractivity contribution >= 4 is 18.3 Å². The van der Waals surface area contributed by atoms with Crippen LogP contribution in [0.5, 0.6) is 0 Å². The van der Waals surface area contributed by atoms with E-state index in [1.807, 2.05) is 23.1 Å². The van der Waals surface area contributed by atoms with E-state index in [4.69, 9.17) is 5.73 Å². The number of nitrogens with zero attached hydrogens (tertiary/aromatic N) is 1. The molecule has 1 unspecified atom stereocenters. The summed E-state index contributed by atoms with van der Waals surface area (Å²) in [5.41, 5.74) is 6.93. The number of hydrogen-bond donors (Lipinski definition) is 1. The molecule has 1 aliphatic rings. The third-order valence-electron chi connectivity index (χ3n) is 3.68. The van der Waals surface area contributed by atoms with Crippen LogP contribution in [-0.2, 0) is 11.2 Å². The monoisotopic (exact) mass is 282 g/mol. The zero-order chi connectivity index (χ0) is 12.8. The Morgan fingerprint density at radius 2 is 2.05 bits per heavy atom. The number of nitrogens with two attached hydrogens (primary N) is 1. The van der Waals surface area contributed by atoms with Gasteiger partial charge in [-0.25, -0.2) is 0 Å². The van der Waals surface area contributed by atoms with Gasteiger partial charge < -0.3 is 10.6 Å². The van der Waals surface area contributed by atoms with Crippen LogP contribution < -0.4 is 5.73 Å². The van der Waals surface area contributed by atoms with Crippen molar-refractivity contribution in [2.24, 2.45) is 11.7 Å². The van der Waals surface area contributed by atoms with Crippen LogP contribution in [0.3, 0.4) is 0 Å². The topological polar surface area (TPSA) is 46.3 Å². The maximum Gasteiger partial charge on any atom is 0.222 e. The summed E-state index contributed by atoms with van der Waals surface area (Å²) in [5, 5.41) is 0. The summed E-state index contributed by atoms with van der Waals surface area (Å²) >= 11 is 0. The number of amides is 1. The predicted octanol–water partition coefficient (Wildman–Crippen LogP) is 2.24. The second-order valence-corrected chi connectivity index (χ2v) is 5.07. The highest BCUT2D eigenvalue weighted by Gasteiger charge is 2.22. The molecule has 1 atom stereocenters. The normalized spacial score (nSPS) is 18.8. The number of carbonyl (C=O) groups excluding carboxylic acids is 1. The van der Waals surface area contributed by atoms with Gasteiger partial charge in [-0.15, -0.1) is 12.4 Å². The van der Waals surface area contributed by atoms with Crippen molar-refractivity contribution in [3.63, 3.8) is 0 Å². The van der Waals surface area contributed by atoms with E-state index >= 15 is 0 Å². The summed E-state index contributed by atoms with van der Waals surface area (Å²) < 4.78 is 0. The molecular weight excluding hydrogens is 260 g/mol. The van der Waals surface area contributed by atoms with Crippen LogP contribution in [0.15, 0.2) is 30.3 Å². The first-order chi connectivity index (χ1) is 8.79. The van der Waals surface area contributed by atoms with Gasteiger partial charge in [-0.3, -0.25) is 4.79 Å². The molecular formula is C15H23ClN2O. The summed E-state index contributed by atoms with van der Waals surface area (Å²) in [4.78, 5) is 14.1. The molecule has 4 heteroatoms. The molecule has 106 valence electrons. The number of halogens is 1. The smallest absolute Gasteiger partial charge is 0.222 e. The molecule has 0 radical (unpaired) electrons. The van der Waals surface area contributed by atoms with E-state index in [0.717, 1.165) is 25.9 Å². The number of likely N-dealkylation sites (tertiary alicyclic amines) is 1. The lowest BCUT2D eigenvalue weighted by Crippen LogP contribution is -2.42. The zero-order valence-corrected chi connectivity index (χ0v) is 12.1. The molecule has 1 amide bonds. The first-order valence-corrected chi connectivity index (χ1v) is 6.81. The Hall–Kier alpha value is -1.06. The van der Waals surface area contributed by atoms with Crippen molar-refractivity contribution in [2.45, 2.75) is 25.7 Å². The van der Waals surface area contributed by atoms with Crippen LogP contribution in [0, 0.1) is 5.92 Å². The van der Waals surface area contributed by atoms with Gasteiger partial charge in [-0.2, -0.15) is 0 Å². The lowest BCUT2D eigenvalue weighted by Gasteiger charge is -2.32. The van der Waals surface area contributed by atoms with E-state index in [9.17, 15) is 4.79 Å². The zero-order valence-electron chi connectivity index (χ0n) is 11.3. The summed E-state index contributed by atoms with van der Waals surface area (Å²) in [6.45, 7) is 2.46. The Kier molecular flexibility index (Phi) is 6.89. The van der Waals surface area contributed by atoms with Crippen LogP contribution in [-0.4, -0.2) is 30.4 Å². The summed E-state index contributed by atoms with van der Waals surface area (Å²) in [7, 11) is 0. The van der Waals surface area contributed by atoms with Gasteiger partial charge >= 0.3 is 0 Å². The van der Waals surface area contributed by atoms with Gasteiger partial charge in [0.15, 0.2) is 0 Å². The van der Waals surface area contributed by atoms with Crippen molar-refractivity contribution in [3.8, 4) is 0 Å². The van der Waals surface area contributed by atoms with Gasteiger partial charge in [0.1, 0.15) is 0 Å². The van der Waals surface area contributed by atoms with Crippen LogP contribution >= 0.6 is 12.4 Å². The number of carbonyl (C=O) groups is 1. The first-order valence-electron chi connectivity index (χ1n) is 6.81. The fourth-order valence-corrected chi connectivity index (χ4v) is 2.54. The second-order valence-electron chi connectivity index (χ2n) is 5.07. The number of benzene rings is 1. The average Bonchev–Trinajstić information content (AvgIpc) is 2.46. The van der Waals surface area contributed by atoms with Gasteiger partial charge in [0.05, 0.1) is 0 Å². The SMILES string of the molecule is Cl.NCC1CCCN(C(=O)CCc2ccccc2)C1.